The lowest BCUT2D eigenvalue weighted by Gasteiger charge is -2.17. The summed E-state index contributed by atoms with van der Waals surface area (Å²) in [7, 11) is 0. The van der Waals surface area contributed by atoms with Crippen molar-refractivity contribution in [2.45, 2.75) is 26.2 Å². The second-order valence-electron chi connectivity index (χ2n) is 7.17. The zero-order valence-corrected chi connectivity index (χ0v) is 16.6. The van der Waals surface area contributed by atoms with Crippen LogP contribution >= 0.6 is 11.3 Å². The van der Waals surface area contributed by atoms with Gasteiger partial charge < -0.3 is 16.0 Å². The van der Waals surface area contributed by atoms with E-state index in [-0.39, 0.29) is 0 Å². The van der Waals surface area contributed by atoms with E-state index in [1.807, 2.05) is 19.1 Å². The lowest BCUT2D eigenvalue weighted by Crippen LogP contribution is -2.17. The number of nitrogens with two attached hydrogens (primary N) is 1. The summed E-state index contributed by atoms with van der Waals surface area (Å²) in [6, 6.07) is 13.0. The molecule has 5 heteroatoms. The highest BCUT2D eigenvalue weighted by molar-refractivity contribution is 7.20. The smallest absolute Gasteiger partial charge is 0.126 e. The molecule has 1 aromatic carbocycles. The van der Waals surface area contributed by atoms with Gasteiger partial charge >= 0.3 is 0 Å². The zero-order valence-electron chi connectivity index (χ0n) is 15.8. The van der Waals surface area contributed by atoms with Crippen LogP contribution in [0.15, 0.2) is 43.0 Å². The summed E-state index contributed by atoms with van der Waals surface area (Å²) < 4.78 is 0. The summed E-state index contributed by atoms with van der Waals surface area (Å²) in [5.74, 6) is 0. The Balaban J connectivity index is 1.36. The number of anilines is 2. The lowest BCUT2D eigenvalue weighted by molar-refractivity contribution is 0.850. The molecule has 1 aliphatic heterocycles. The van der Waals surface area contributed by atoms with Crippen LogP contribution in [0.1, 0.15) is 29.0 Å². The van der Waals surface area contributed by atoms with E-state index in [0.717, 1.165) is 45.1 Å². The third kappa shape index (κ3) is 3.78. The topological polar surface area (TPSA) is 54.2 Å². The number of nitrogen functional groups attached to an aromatic ring is 1. The van der Waals surface area contributed by atoms with E-state index in [2.05, 4.69) is 46.0 Å². The fraction of sp³-hybridized carbons (Fsp3) is 0.318. The number of rotatable bonds is 6. The van der Waals surface area contributed by atoms with E-state index in [9.17, 15) is 0 Å². The van der Waals surface area contributed by atoms with Gasteiger partial charge in [-0.3, -0.25) is 0 Å². The number of benzene rings is 1. The van der Waals surface area contributed by atoms with Crippen molar-refractivity contribution in [2.75, 3.05) is 30.3 Å². The summed E-state index contributed by atoms with van der Waals surface area (Å²) >= 11 is 1.60. The van der Waals surface area contributed by atoms with Gasteiger partial charge in [0.1, 0.15) is 4.83 Å². The third-order valence-electron chi connectivity index (χ3n) is 5.17. The molecule has 1 saturated heterocycles. The number of thiophene rings is 1. The Hall–Kier alpha value is -2.53. The normalized spacial score (nSPS) is 14.0. The van der Waals surface area contributed by atoms with Gasteiger partial charge in [-0.1, -0.05) is 18.7 Å². The maximum atomic E-state index is 6.31. The molecule has 0 unspecified atom stereocenters. The van der Waals surface area contributed by atoms with Crippen molar-refractivity contribution < 1.29 is 0 Å². The van der Waals surface area contributed by atoms with Crippen molar-refractivity contribution in [1.29, 1.82) is 0 Å². The minimum absolute atomic E-state index is 0.773. The fourth-order valence-electron chi connectivity index (χ4n) is 3.60. The second-order valence-corrected chi connectivity index (χ2v) is 8.17. The van der Waals surface area contributed by atoms with Gasteiger partial charge in [-0.25, -0.2) is 4.98 Å². The van der Waals surface area contributed by atoms with Crippen LogP contribution in [0.25, 0.3) is 15.9 Å². The Labute approximate surface area is 164 Å². The summed E-state index contributed by atoms with van der Waals surface area (Å²) in [5, 5.41) is 4.45. The first-order chi connectivity index (χ1) is 13.1. The summed E-state index contributed by atoms with van der Waals surface area (Å²) in [4.78, 5) is 9.00. The molecule has 4 nitrogen and oxygen atoms in total. The summed E-state index contributed by atoms with van der Waals surface area (Å²) in [6.07, 6.45) is 3.58. The van der Waals surface area contributed by atoms with Crippen LogP contribution < -0.4 is 16.0 Å². The van der Waals surface area contributed by atoms with Crippen molar-refractivity contribution in [1.82, 2.24) is 10.3 Å². The molecule has 0 spiro atoms. The van der Waals surface area contributed by atoms with E-state index in [1.165, 1.54) is 37.2 Å². The van der Waals surface area contributed by atoms with Crippen LogP contribution in [0.4, 0.5) is 11.4 Å². The molecular weight excluding hydrogens is 352 g/mol. The lowest BCUT2D eigenvalue weighted by atomic mass is 10.1. The number of hydrogen-bond acceptors (Lipinski definition) is 5. The Morgan fingerprint density at radius 2 is 1.93 bits per heavy atom. The standard InChI is InChI=1S/C22H26N4S/c1-15-5-10-19-20(23)21(27-22(19)25-15)16(2)24-12-11-17-6-8-18(9-7-17)26-13-3-4-14-26/h5-10,24H,2-4,11-14,23H2,1H3. The minimum Gasteiger partial charge on any atom is -0.397 e. The molecule has 3 heterocycles. The number of fused-ring (bicyclic) bond motifs is 1. The molecule has 0 aliphatic carbocycles. The Morgan fingerprint density at radius 3 is 2.67 bits per heavy atom. The van der Waals surface area contributed by atoms with Crippen LogP contribution in [0.2, 0.25) is 0 Å². The molecule has 140 valence electrons. The maximum absolute atomic E-state index is 6.31. The highest BCUT2D eigenvalue weighted by Gasteiger charge is 2.14. The van der Waals surface area contributed by atoms with Gasteiger partial charge in [-0.2, -0.15) is 0 Å². The molecule has 0 atom stereocenters. The van der Waals surface area contributed by atoms with Gasteiger partial charge in [0.2, 0.25) is 0 Å². The minimum atomic E-state index is 0.773. The Bertz CT molecular complexity index is 952. The third-order valence-corrected chi connectivity index (χ3v) is 6.34. The largest absolute Gasteiger partial charge is 0.397 e. The second kappa shape index (κ2) is 7.61. The van der Waals surface area contributed by atoms with Crippen LogP contribution in [-0.4, -0.2) is 24.6 Å². The van der Waals surface area contributed by atoms with Gasteiger partial charge in [0, 0.05) is 42.1 Å². The molecule has 0 saturated carbocycles. The van der Waals surface area contributed by atoms with Crippen LogP contribution in [0, 0.1) is 6.92 Å². The molecular formula is C22H26N4S. The van der Waals surface area contributed by atoms with Crippen LogP contribution in [0.5, 0.6) is 0 Å². The quantitative estimate of drug-likeness (QED) is 0.659. The van der Waals surface area contributed by atoms with Crippen molar-refractivity contribution >= 4 is 38.6 Å². The van der Waals surface area contributed by atoms with E-state index < -0.39 is 0 Å². The highest BCUT2D eigenvalue weighted by atomic mass is 32.1. The van der Waals surface area contributed by atoms with E-state index >= 15 is 0 Å². The average molecular weight is 379 g/mol. The summed E-state index contributed by atoms with van der Waals surface area (Å²) in [5.41, 5.74) is 11.6. The molecule has 2 aromatic heterocycles. The SMILES string of the molecule is C=C(NCCc1ccc(N2CCCC2)cc1)c1sc2nc(C)ccc2c1N. The Kier molecular flexibility index (Phi) is 5.03. The van der Waals surface area contributed by atoms with Crippen molar-refractivity contribution in [2.24, 2.45) is 0 Å². The zero-order chi connectivity index (χ0) is 18.8. The van der Waals surface area contributed by atoms with Crippen molar-refractivity contribution in [3.63, 3.8) is 0 Å². The van der Waals surface area contributed by atoms with Gasteiger partial charge in [0.15, 0.2) is 0 Å². The van der Waals surface area contributed by atoms with E-state index in [4.69, 9.17) is 5.73 Å². The predicted molar refractivity (Wildman–Crippen MR) is 117 cm³/mol. The Morgan fingerprint density at radius 1 is 1.19 bits per heavy atom. The number of aromatic nitrogens is 1. The molecule has 3 N–H and O–H groups in total. The van der Waals surface area contributed by atoms with Gasteiger partial charge in [0.05, 0.1) is 10.6 Å². The molecule has 0 bridgehead atoms. The monoisotopic (exact) mass is 378 g/mol. The molecule has 1 fully saturated rings. The number of pyridine rings is 1. The number of nitrogens with one attached hydrogen (secondary N) is 1. The van der Waals surface area contributed by atoms with E-state index in [1.54, 1.807) is 11.3 Å². The summed E-state index contributed by atoms with van der Waals surface area (Å²) in [6.45, 7) is 9.39. The average Bonchev–Trinajstić information content (AvgIpc) is 3.31. The number of aryl methyl sites for hydroxylation is 1. The first kappa shape index (κ1) is 17.9. The highest BCUT2D eigenvalue weighted by Crippen LogP contribution is 2.35. The maximum Gasteiger partial charge on any atom is 0.126 e. The van der Waals surface area contributed by atoms with Gasteiger partial charge in [-0.05, 0) is 56.0 Å². The number of nitrogens with zero attached hydrogens (tertiary/aromatic N) is 2. The van der Waals surface area contributed by atoms with Gasteiger partial charge in [-0.15, -0.1) is 11.3 Å². The molecule has 1 aliphatic rings. The first-order valence-electron chi connectivity index (χ1n) is 9.54. The molecule has 4 rings (SSSR count). The van der Waals surface area contributed by atoms with E-state index in [0.29, 0.717) is 0 Å². The van der Waals surface area contributed by atoms with Crippen molar-refractivity contribution in [3.8, 4) is 0 Å². The van der Waals surface area contributed by atoms with Gasteiger partial charge in [0.25, 0.3) is 0 Å². The molecule has 0 radical (unpaired) electrons. The van der Waals surface area contributed by atoms with Crippen LogP contribution in [-0.2, 0) is 6.42 Å². The number of hydrogen-bond donors (Lipinski definition) is 2. The molecule has 27 heavy (non-hydrogen) atoms. The van der Waals surface area contributed by atoms with Crippen molar-refractivity contribution in [3.05, 3.63) is 59.1 Å². The molecule has 3 aromatic rings. The van der Waals surface area contributed by atoms with Crippen LogP contribution in [0.3, 0.4) is 0 Å². The molecule has 0 amide bonds. The fourth-order valence-corrected chi connectivity index (χ4v) is 4.69. The predicted octanol–water partition coefficient (Wildman–Crippen LogP) is 4.59. The first-order valence-corrected chi connectivity index (χ1v) is 10.4.